The van der Waals surface area contributed by atoms with Crippen molar-refractivity contribution in [1.29, 1.82) is 0 Å². The highest BCUT2D eigenvalue weighted by molar-refractivity contribution is 6.10. The van der Waals surface area contributed by atoms with Crippen molar-refractivity contribution in [2.24, 2.45) is 0 Å². The van der Waals surface area contributed by atoms with Gasteiger partial charge in [-0.3, -0.25) is 4.79 Å². The summed E-state index contributed by atoms with van der Waals surface area (Å²) in [7, 11) is 2.08. The van der Waals surface area contributed by atoms with Crippen LogP contribution in [-0.2, 0) is 6.42 Å². The Morgan fingerprint density at radius 3 is 2.56 bits per heavy atom. The van der Waals surface area contributed by atoms with Crippen LogP contribution in [0.3, 0.4) is 0 Å². The summed E-state index contributed by atoms with van der Waals surface area (Å²) in [6.45, 7) is 2.57. The molecule has 0 bridgehead atoms. The highest BCUT2D eigenvalue weighted by Crippen LogP contribution is 2.34. The molecule has 0 unspecified atom stereocenters. The molecule has 25 heavy (non-hydrogen) atoms. The number of nitrogens with zero attached hydrogens (tertiary/aromatic N) is 2. The average Bonchev–Trinajstić information content (AvgIpc) is 2.61. The van der Waals surface area contributed by atoms with Gasteiger partial charge < -0.3 is 15.1 Å². The zero-order chi connectivity index (χ0) is 15.8. The molecule has 4 nitrogen and oxygen atoms in total. The molecule has 4 rings (SSSR count). The van der Waals surface area contributed by atoms with Gasteiger partial charge >= 0.3 is 0 Å². The summed E-state index contributed by atoms with van der Waals surface area (Å²) in [5.41, 5.74) is 5.25. The zero-order valence-electron chi connectivity index (χ0n) is 14.2. The molecule has 0 aromatic heterocycles. The highest BCUT2D eigenvalue weighted by atomic mass is 35.5. The Labute approximate surface area is 161 Å². The van der Waals surface area contributed by atoms with Crippen molar-refractivity contribution in [3.63, 3.8) is 0 Å². The van der Waals surface area contributed by atoms with E-state index in [1.807, 2.05) is 35.2 Å². The van der Waals surface area contributed by atoms with Crippen LogP contribution in [0.25, 0.3) is 0 Å². The van der Waals surface area contributed by atoms with Crippen molar-refractivity contribution in [3.8, 4) is 0 Å². The van der Waals surface area contributed by atoms with Crippen LogP contribution in [0.2, 0.25) is 0 Å². The minimum atomic E-state index is 0. The molecule has 2 aromatic carbocycles. The topological polar surface area (TPSA) is 35.6 Å². The van der Waals surface area contributed by atoms with Gasteiger partial charge in [-0.05, 0) is 42.7 Å². The van der Waals surface area contributed by atoms with Gasteiger partial charge in [0.05, 0.1) is 11.4 Å². The van der Waals surface area contributed by atoms with Crippen molar-refractivity contribution in [2.45, 2.75) is 12.8 Å². The van der Waals surface area contributed by atoms with E-state index in [2.05, 4.69) is 29.4 Å². The third-order valence-corrected chi connectivity index (χ3v) is 4.81. The van der Waals surface area contributed by atoms with Gasteiger partial charge in [0.25, 0.3) is 5.91 Å². The number of amides is 1. The summed E-state index contributed by atoms with van der Waals surface area (Å²) >= 11 is 0. The van der Waals surface area contributed by atoms with E-state index in [4.69, 9.17) is 0 Å². The molecule has 0 saturated carbocycles. The molecule has 1 N–H and O–H groups in total. The second kappa shape index (κ2) is 7.98. The van der Waals surface area contributed by atoms with Crippen molar-refractivity contribution in [2.75, 3.05) is 41.8 Å². The summed E-state index contributed by atoms with van der Waals surface area (Å²) in [5.74, 6) is 0.117. The second-order valence-electron chi connectivity index (χ2n) is 6.23. The van der Waals surface area contributed by atoms with Crippen LogP contribution < -0.4 is 15.1 Å². The summed E-state index contributed by atoms with van der Waals surface area (Å²) < 4.78 is 0. The Balaban J connectivity index is 0.00000113. The molecular weight excluding hydrogens is 357 g/mol. The maximum Gasteiger partial charge on any atom is 0.258 e. The zero-order valence-corrected chi connectivity index (χ0v) is 15.8. The number of hydrogen-bond donors (Lipinski definition) is 1. The van der Waals surface area contributed by atoms with Gasteiger partial charge in [0.15, 0.2) is 0 Å². The molecule has 2 aliphatic rings. The minimum absolute atomic E-state index is 0. The summed E-state index contributed by atoms with van der Waals surface area (Å²) in [6.07, 6.45) is 2.05. The van der Waals surface area contributed by atoms with Crippen LogP contribution in [0.5, 0.6) is 0 Å². The Kier molecular flexibility index (Phi) is 6.20. The third kappa shape index (κ3) is 3.42. The SMILES string of the molecule is CN1CCN(C(=O)c2cccc3c2CCCN3)c2ccccc21.Cl.Cl. The molecule has 2 aromatic rings. The fourth-order valence-electron chi connectivity index (χ4n) is 3.57. The van der Waals surface area contributed by atoms with Gasteiger partial charge in [0.1, 0.15) is 0 Å². The fourth-order valence-corrected chi connectivity index (χ4v) is 3.57. The van der Waals surface area contributed by atoms with E-state index >= 15 is 0 Å². The summed E-state index contributed by atoms with van der Waals surface area (Å²) in [4.78, 5) is 17.4. The molecule has 0 atom stereocenters. The number of hydrogen-bond acceptors (Lipinski definition) is 3. The van der Waals surface area contributed by atoms with Crippen molar-refractivity contribution >= 4 is 47.8 Å². The number of fused-ring (bicyclic) bond motifs is 2. The van der Waals surface area contributed by atoms with E-state index in [9.17, 15) is 4.79 Å². The minimum Gasteiger partial charge on any atom is -0.385 e. The van der Waals surface area contributed by atoms with Crippen LogP contribution in [0.1, 0.15) is 22.3 Å². The quantitative estimate of drug-likeness (QED) is 0.813. The largest absolute Gasteiger partial charge is 0.385 e. The first-order valence-corrected chi connectivity index (χ1v) is 8.23. The number of nitrogens with one attached hydrogen (secondary N) is 1. The molecule has 134 valence electrons. The monoisotopic (exact) mass is 379 g/mol. The van der Waals surface area contributed by atoms with Crippen LogP contribution in [-0.4, -0.2) is 32.6 Å². The molecular formula is C19H23Cl2N3O. The van der Waals surface area contributed by atoms with Crippen molar-refractivity contribution in [1.82, 2.24) is 0 Å². The first-order chi connectivity index (χ1) is 11.3. The van der Waals surface area contributed by atoms with Crippen LogP contribution >= 0.6 is 24.8 Å². The van der Waals surface area contributed by atoms with Gasteiger partial charge in [0.2, 0.25) is 0 Å². The fraction of sp³-hybridized carbons (Fsp3) is 0.316. The van der Waals surface area contributed by atoms with Gasteiger partial charge in [-0.15, -0.1) is 24.8 Å². The molecule has 6 heteroatoms. The maximum atomic E-state index is 13.2. The molecule has 2 heterocycles. The smallest absolute Gasteiger partial charge is 0.258 e. The predicted octanol–water partition coefficient (Wildman–Crippen LogP) is 3.98. The number of carbonyl (C=O) groups excluding carboxylic acids is 1. The number of carbonyl (C=O) groups is 1. The van der Waals surface area contributed by atoms with E-state index in [0.717, 1.165) is 55.1 Å². The lowest BCUT2D eigenvalue weighted by atomic mass is 9.96. The normalized spacial score (nSPS) is 15.1. The number of benzene rings is 2. The summed E-state index contributed by atoms with van der Waals surface area (Å²) in [5, 5.41) is 3.41. The van der Waals surface area contributed by atoms with Crippen LogP contribution in [0.4, 0.5) is 17.1 Å². The summed E-state index contributed by atoms with van der Waals surface area (Å²) in [6, 6.07) is 14.2. The number of rotatable bonds is 1. The van der Waals surface area contributed by atoms with E-state index in [0.29, 0.717) is 0 Å². The Morgan fingerprint density at radius 1 is 1.00 bits per heavy atom. The first kappa shape index (κ1) is 19.4. The molecule has 1 amide bonds. The van der Waals surface area contributed by atoms with Gasteiger partial charge in [-0.1, -0.05) is 18.2 Å². The average molecular weight is 380 g/mol. The second-order valence-corrected chi connectivity index (χ2v) is 6.23. The molecule has 2 aliphatic heterocycles. The Hall–Kier alpha value is -1.91. The number of halogens is 2. The van der Waals surface area contributed by atoms with E-state index < -0.39 is 0 Å². The molecule has 0 radical (unpaired) electrons. The molecule has 0 aliphatic carbocycles. The standard InChI is InChI=1S/C19H21N3O.2ClH/c1-21-12-13-22(18-10-3-2-9-17(18)21)19(23)15-6-4-8-16-14(15)7-5-11-20-16;;/h2-4,6,8-10,20H,5,7,11-13H2,1H3;2*1H. The number of likely N-dealkylation sites (N-methyl/N-ethyl adjacent to an activating group) is 1. The van der Waals surface area contributed by atoms with Crippen LogP contribution in [0.15, 0.2) is 42.5 Å². The van der Waals surface area contributed by atoms with Crippen molar-refractivity contribution in [3.05, 3.63) is 53.6 Å². The van der Waals surface area contributed by atoms with E-state index in [1.54, 1.807) is 0 Å². The molecule has 0 spiro atoms. The van der Waals surface area contributed by atoms with Crippen molar-refractivity contribution < 1.29 is 4.79 Å². The van der Waals surface area contributed by atoms with Gasteiger partial charge in [0, 0.05) is 37.9 Å². The third-order valence-electron chi connectivity index (χ3n) is 4.81. The van der Waals surface area contributed by atoms with Gasteiger partial charge in [-0.2, -0.15) is 0 Å². The Bertz CT molecular complexity index is 766. The number of anilines is 3. The highest BCUT2D eigenvalue weighted by Gasteiger charge is 2.28. The number of para-hydroxylation sites is 2. The first-order valence-electron chi connectivity index (χ1n) is 8.23. The van der Waals surface area contributed by atoms with Gasteiger partial charge in [-0.25, -0.2) is 0 Å². The molecule has 0 fully saturated rings. The predicted molar refractivity (Wildman–Crippen MR) is 109 cm³/mol. The molecule has 0 saturated heterocycles. The van der Waals surface area contributed by atoms with Crippen LogP contribution in [0, 0.1) is 0 Å². The lowest BCUT2D eigenvalue weighted by molar-refractivity contribution is 0.0986. The lowest BCUT2D eigenvalue weighted by Crippen LogP contribution is -2.43. The van der Waals surface area contributed by atoms with E-state index in [-0.39, 0.29) is 30.7 Å². The van der Waals surface area contributed by atoms with E-state index in [1.165, 1.54) is 5.56 Å². The Morgan fingerprint density at radius 2 is 1.76 bits per heavy atom. The maximum absolute atomic E-state index is 13.2. The lowest BCUT2D eigenvalue weighted by Gasteiger charge is -2.36.